The number of allylic oxidation sites excluding steroid dienone is 2. The summed E-state index contributed by atoms with van der Waals surface area (Å²) in [5.74, 6) is -6.55. The van der Waals surface area contributed by atoms with Gasteiger partial charge in [0.2, 0.25) is 11.8 Å². The Morgan fingerprint density at radius 1 is 0.825 bits per heavy atom. The molecule has 4 fully saturated rings. The Morgan fingerprint density at radius 3 is 2.22 bits per heavy atom. The lowest BCUT2D eigenvalue weighted by Gasteiger charge is -2.51. The number of amides is 4. The summed E-state index contributed by atoms with van der Waals surface area (Å²) in [7, 11) is 0. The maximum absolute atomic E-state index is 15.7. The summed E-state index contributed by atoms with van der Waals surface area (Å²) in [6, 6.07) is 27.5. The molecule has 5 aliphatic rings. The SMILES string of the molecule is O=C1[C@@H]2C[C@@H]3C(=CC[C@@H]4C(=O)N(C5CCN(Cc6ccccc6)CC5)C(=O)[C@@H]43)[C@H](c3ccc(O)c4ccccc34)[C@]2(c2ccc(Cl)cc2)C(=O)N1Nc1ncc(C(F)(F)F)cc1Cl. The van der Waals surface area contributed by atoms with Gasteiger partial charge in [0, 0.05) is 48.2 Å². The molecular weight excluding hydrogens is 854 g/mol. The number of piperidine rings is 1. The number of hydrogen-bond donors (Lipinski definition) is 2. The Kier molecular flexibility index (Phi) is 10.1. The number of halogens is 5. The summed E-state index contributed by atoms with van der Waals surface area (Å²) in [4.78, 5) is 68.0. The number of phenolic OH excluding ortho intramolecular Hbond substituents is 1. The largest absolute Gasteiger partial charge is 0.507 e. The Bertz CT molecular complexity index is 2730. The molecule has 10 rings (SSSR count). The van der Waals surface area contributed by atoms with Gasteiger partial charge in [-0.25, -0.2) is 4.98 Å². The number of likely N-dealkylation sites (tertiary alicyclic amines) is 2. The summed E-state index contributed by atoms with van der Waals surface area (Å²) in [5.41, 5.74) is 2.79. The van der Waals surface area contributed by atoms with Gasteiger partial charge in [0.15, 0.2) is 5.82 Å². The number of nitrogens with zero attached hydrogens (tertiary/aromatic N) is 4. The lowest BCUT2D eigenvalue weighted by atomic mass is 9.49. The monoisotopic (exact) mass is 893 g/mol. The zero-order chi connectivity index (χ0) is 43.9. The van der Waals surface area contributed by atoms with E-state index in [0.717, 1.165) is 11.6 Å². The van der Waals surface area contributed by atoms with E-state index in [1.165, 1.54) is 16.5 Å². The number of pyridine rings is 1. The quantitative estimate of drug-likeness (QED) is 0.123. The minimum Gasteiger partial charge on any atom is -0.507 e. The number of benzene rings is 4. The smallest absolute Gasteiger partial charge is 0.417 e. The highest BCUT2D eigenvalue weighted by molar-refractivity contribution is 6.33. The Balaban J connectivity index is 1.08. The van der Waals surface area contributed by atoms with Crippen molar-refractivity contribution in [2.75, 3.05) is 18.5 Å². The minimum absolute atomic E-state index is 0.00125. The molecule has 2 N–H and O–H groups in total. The highest BCUT2D eigenvalue weighted by Gasteiger charge is 2.70. The number of imide groups is 2. The molecule has 2 aliphatic carbocycles. The van der Waals surface area contributed by atoms with Gasteiger partial charge in [-0.2, -0.15) is 18.2 Å². The summed E-state index contributed by atoms with van der Waals surface area (Å²) < 4.78 is 40.9. The second-order valence-electron chi connectivity index (χ2n) is 17.2. The van der Waals surface area contributed by atoms with Crippen molar-refractivity contribution >= 4 is 63.4 Å². The van der Waals surface area contributed by atoms with Crippen LogP contribution in [-0.4, -0.2) is 67.7 Å². The molecule has 10 nitrogen and oxygen atoms in total. The molecule has 6 atom stereocenters. The highest BCUT2D eigenvalue weighted by atomic mass is 35.5. The van der Waals surface area contributed by atoms with Crippen LogP contribution in [0.15, 0.2) is 115 Å². The zero-order valence-electron chi connectivity index (χ0n) is 33.6. The Morgan fingerprint density at radius 2 is 1.52 bits per heavy atom. The van der Waals surface area contributed by atoms with Crippen LogP contribution in [-0.2, 0) is 37.3 Å². The molecular formula is C48H40Cl2F3N5O5. The van der Waals surface area contributed by atoms with Crippen LogP contribution in [0, 0.1) is 23.7 Å². The van der Waals surface area contributed by atoms with E-state index in [2.05, 4.69) is 27.4 Å². The predicted molar refractivity (Wildman–Crippen MR) is 229 cm³/mol. The van der Waals surface area contributed by atoms with E-state index in [0.29, 0.717) is 70.7 Å². The first-order valence-corrected chi connectivity index (χ1v) is 21.7. The van der Waals surface area contributed by atoms with E-state index in [1.807, 2.05) is 30.3 Å². The lowest BCUT2D eigenvalue weighted by Crippen LogP contribution is -2.53. The van der Waals surface area contributed by atoms with Crippen molar-refractivity contribution in [2.24, 2.45) is 23.7 Å². The molecule has 0 bridgehead atoms. The van der Waals surface area contributed by atoms with Crippen molar-refractivity contribution in [1.29, 1.82) is 0 Å². The van der Waals surface area contributed by atoms with E-state index in [4.69, 9.17) is 23.2 Å². The van der Waals surface area contributed by atoms with Gasteiger partial charge in [0.25, 0.3) is 11.8 Å². The molecule has 1 aromatic heterocycles. The van der Waals surface area contributed by atoms with Crippen LogP contribution >= 0.6 is 23.2 Å². The fourth-order valence-corrected chi connectivity index (χ4v) is 11.6. The number of carbonyl (C=O) groups excluding carboxylic acids is 4. The molecule has 0 spiro atoms. The third kappa shape index (κ3) is 6.61. The number of phenols is 1. The van der Waals surface area contributed by atoms with E-state index in [9.17, 15) is 27.9 Å². The molecule has 1 saturated carbocycles. The average Bonchev–Trinajstić information content (AvgIpc) is 3.65. The third-order valence-electron chi connectivity index (χ3n) is 14.0. The Hall–Kier alpha value is -5.76. The topological polar surface area (TPSA) is 123 Å². The highest BCUT2D eigenvalue weighted by Crippen LogP contribution is 2.65. The number of hydrogen-bond acceptors (Lipinski definition) is 8. The second kappa shape index (κ2) is 15.5. The molecule has 5 aromatic rings. The molecule has 322 valence electrons. The fraction of sp³-hybridized carbons (Fsp3) is 0.312. The van der Waals surface area contributed by atoms with Crippen molar-refractivity contribution in [2.45, 2.75) is 55.8 Å². The number of alkyl halides is 3. The molecule has 0 radical (unpaired) electrons. The maximum Gasteiger partial charge on any atom is 0.417 e. The molecule has 4 aromatic carbocycles. The Labute approximate surface area is 370 Å². The third-order valence-corrected chi connectivity index (χ3v) is 14.5. The maximum atomic E-state index is 15.7. The standard InChI is InChI=1S/C48H40Cl2F3N5O5/c49-29-12-10-27(11-13-29)47-37(44(61)58(46(47)63)55-42-38(50)22-28(24-54-42)48(51,52)53)23-36-34(41(47)33-16-17-39(59)32-9-5-4-8-31(32)33)14-15-35-40(36)45(62)57(43(35)60)30-18-20-56(21-19-30)25-26-6-2-1-3-7-26/h1-14,16-17,22,24,30,35-37,40-41,59H,15,18-21,23,25H2,(H,54,55)/t35-,36+,37-,40-,41-,47+/m0/s1. The van der Waals surface area contributed by atoms with Gasteiger partial charge in [-0.3, -0.25) is 34.4 Å². The number of aromatic hydroxyl groups is 1. The van der Waals surface area contributed by atoms with Gasteiger partial charge < -0.3 is 5.11 Å². The second-order valence-corrected chi connectivity index (χ2v) is 18.0. The zero-order valence-corrected chi connectivity index (χ0v) is 35.1. The summed E-state index contributed by atoms with van der Waals surface area (Å²) >= 11 is 12.8. The van der Waals surface area contributed by atoms with Gasteiger partial charge in [-0.15, -0.1) is 0 Å². The van der Waals surface area contributed by atoms with Crippen LogP contribution in [0.1, 0.15) is 53.9 Å². The molecule has 3 saturated heterocycles. The summed E-state index contributed by atoms with van der Waals surface area (Å²) in [6.45, 7) is 2.18. The summed E-state index contributed by atoms with van der Waals surface area (Å²) in [6.07, 6.45) is -0.757. The first-order chi connectivity index (χ1) is 30.3. The van der Waals surface area contributed by atoms with Crippen LogP contribution in [0.5, 0.6) is 5.75 Å². The van der Waals surface area contributed by atoms with E-state index in [-0.39, 0.29) is 42.3 Å². The normalized spacial score (nSPS) is 26.5. The molecule has 3 aliphatic heterocycles. The number of hydrazine groups is 1. The van der Waals surface area contributed by atoms with Gasteiger partial charge >= 0.3 is 6.18 Å². The molecule has 15 heteroatoms. The average molecular weight is 895 g/mol. The van der Waals surface area contributed by atoms with E-state index >= 15 is 9.59 Å². The number of rotatable bonds is 7. The van der Waals surface area contributed by atoms with Gasteiger partial charge in [-0.1, -0.05) is 108 Å². The number of aromatic nitrogens is 1. The molecule has 0 unspecified atom stereocenters. The van der Waals surface area contributed by atoms with Crippen LogP contribution in [0.25, 0.3) is 10.8 Å². The number of carbonyl (C=O) groups is 4. The molecule has 4 amide bonds. The number of fused-ring (bicyclic) bond motifs is 5. The van der Waals surface area contributed by atoms with Crippen molar-refractivity contribution in [3.05, 3.63) is 147 Å². The van der Waals surface area contributed by atoms with Crippen LogP contribution in [0.2, 0.25) is 10.0 Å². The van der Waals surface area contributed by atoms with Crippen molar-refractivity contribution in [1.82, 2.24) is 19.8 Å². The number of nitrogens with one attached hydrogen (secondary N) is 1. The fourth-order valence-electron chi connectivity index (χ4n) is 11.2. The predicted octanol–water partition coefficient (Wildman–Crippen LogP) is 8.92. The van der Waals surface area contributed by atoms with Crippen LogP contribution in [0.3, 0.4) is 0 Å². The van der Waals surface area contributed by atoms with Gasteiger partial charge in [0.1, 0.15) is 5.75 Å². The van der Waals surface area contributed by atoms with Crippen molar-refractivity contribution in [3.63, 3.8) is 0 Å². The van der Waals surface area contributed by atoms with E-state index < -0.39 is 63.6 Å². The van der Waals surface area contributed by atoms with Crippen molar-refractivity contribution in [3.8, 4) is 5.75 Å². The number of anilines is 1. The van der Waals surface area contributed by atoms with Gasteiger partial charge in [-0.05, 0) is 77.9 Å². The molecule has 63 heavy (non-hydrogen) atoms. The first-order valence-electron chi connectivity index (χ1n) is 20.9. The van der Waals surface area contributed by atoms with Crippen LogP contribution in [0.4, 0.5) is 19.0 Å². The summed E-state index contributed by atoms with van der Waals surface area (Å²) in [5, 5.41) is 12.9. The van der Waals surface area contributed by atoms with E-state index in [1.54, 1.807) is 48.5 Å². The van der Waals surface area contributed by atoms with Crippen molar-refractivity contribution < 1.29 is 37.5 Å². The van der Waals surface area contributed by atoms with Gasteiger partial charge in [0.05, 0.1) is 33.8 Å². The lowest BCUT2D eigenvalue weighted by molar-refractivity contribution is -0.144. The van der Waals surface area contributed by atoms with Crippen LogP contribution < -0.4 is 5.43 Å². The molecule has 4 heterocycles. The minimum atomic E-state index is -4.75. The first kappa shape index (κ1) is 41.3.